The molecule has 0 bridgehead atoms. The van der Waals surface area contributed by atoms with Crippen molar-refractivity contribution in [1.82, 2.24) is 0 Å². The molecule has 0 unspecified atom stereocenters. The first kappa shape index (κ1) is 20.6. The molecule has 1 N–H and O–H groups in total. The minimum absolute atomic E-state index is 0.0375. The highest BCUT2D eigenvalue weighted by Crippen LogP contribution is 2.30. The first-order valence-electron chi connectivity index (χ1n) is 9.65. The highest BCUT2D eigenvalue weighted by molar-refractivity contribution is 6.09. The Labute approximate surface area is 182 Å². The molecular weight excluding hydrogens is 408 g/mol. The van der Waals surface area contributed by atoms with E-state index in [0.29, 0.717) is 22.1 Å². The zero-order valence-corrected chi connectivity index (χ0v) is 16.7. The van der Waals surface area contributed by atoms with Gasteiger partial charge in [-0.05, 0) is 24.3 Å². The number of nitriles is 1. The lowest BCUT2D eigenvalue weighted by Gasteiger charge is -2.07. The number of ketones is 1. The number of rotatable bonds is 6. The molecule has 0 aliphatic heterocycles. The van der Waals surface area contributed by atoms with E-state index < -0.39 is 18.5 Å². The van der Waals surface area contributed by atoms with Crippen LogP contribution in [0, 0.1) is 11.3 Å². The zero-order valence-electron chi connectivity index (χ0n) is 16.7. The van der Waals surface area contributed by atoms with Crippen molar-refractivity contribution >= 4 is 34.3 Å². The molecular formula is C25H16N2O5. The largest absolute Gasteiger partial charge is 0.452 e. The van der Waals surface area contributed by atoms with Crippen LogP contribution in [-0.2, 0) is 9.53 Å². The van der Waals surface area contributed by atoms with Gasteiger partial charge in [-0.2, -0.15) is 5.26 Å². The normalized spacial score (nSPS) is 10.3. The van der Waals surface area contributed by atoms with Gasteiger partial charge in [0.1, 0.15) is 17.3 Å². The average Bonchev–Trinajstić information content (AvgIpc) is 3.20. The maximum Gasteiger partial charge on any atom is 0.338 e. The lowest BCUT2D eigenvalue weighted by atomic mass is 10.0. The van der Waals surface area contributed by atoms with Crippen molar-refractivity contribution in [1.29, 1.82) is 5.26 Å². The number of carbonyl (C=O) groups is 3. The van der Waals surface area contributed by atoms with Gasteiger partial charge in [-0.1, -0.05) is 54.6 Å². The molecule has 1 amide bonds. The standard InChI is InChI=1S/C25H16N2O5/c26-14-21-23(19-8-4-5-9-20(19)32-21)27-22(28)15-31-25(30)18-12-10-17(11-13-18)24(29)16-6-2-1-3-7-16/h1-13H,15H2,(H,27,28). The fourth-order valence-electron chi connectivity index (χ4n) is 3.15. The Balaban J connectivity index is 1.38. The molecule has 1 heterocycles. The van der Waals surface area contributed by atoms with Gasteiger partial charge in [-0.25, -0.2) is 4.79 Å². The number of nitrogens with one attached hydrogen (secondary N) is 1. The molecule has 0 aliphatic rings. The number of furan rings is 1. The van der Waals surface area contributed by atoms with E-state index >= 15 is 0 Å². The number of carbonyl (C=O) groups excluding carboxylic acids is 3. The van der Waals surface area contributed by atoms with Crippen molar-refractivity contribution in [3.05, 3.63) is 101 Å². The summed E-state index contributed by atoms with van der Waals surface area (Å²) in [6.45, 7) is -0.548. The maximum absolute atomic E-state index is 12.4. The van der Waals surface area contributed by atoms with Crippen LogP contribution in [0.4, 0.5) is 5.69 Å². The Hall–Kier alpha value is -4.70. The van der Waals surface area contributed by atoms with E-state index in [1.165, 1.54) is 24.3 Å². The van der Waals surface area contributed by atoms with Crippen molar-refractivity contribution in [2.75, 3.05) is 11.9 Å². The number of esters is 1. The molecule has 4 rings (SSSR count). The molecule has 0 saturated heterocycles. The summed E-state index contributed by atoms with van der Waals surface area (Å²) in [6.07, 6.45) is 0. The molecule has 32 heavy (non-hydrogen) atoms. The van der Waals surface area contributed by atoms with E-state index in [2.05, 4.69) is 5.32 Å². The number of hydrogen-bond donors (Lipinski definition) is 1. The van der Waals surface area contributed by atoms with Gasteiger partial charge >= 0.3 is 5.97 Å². The Morgan fingerprint density at radius 2 is 1.47 bits per heavy atom. The molecule has 0 atom stereocenters. The monoisotopic (exact) mass is 424 g/mol. The molecule has 4 aromatic rings. The van der Waals surface area contributed by atoms with Crippen molar-refractivity contribution in [3.8, 4) is 6.07 Å². The van der Waals surface area contributed by atoms with Crippen molar-refractivity contribution < 1.29 is 23.5 Å². The van der Waals surface area contributed by atoms with Crippen LogP contribution in [0.3, 0.4) is 0 Å². The molecule has 7 heteroatoms. The van der Waals surface area contributed by atoms with Crippen LogP contribution in [0.15, 0.2) is 83.3 Å². The summed E-state index contributed by atoms with van der Waals surface area (Å²) in [7, 11) is 0. The van der Waals surface area contributed by atoms with Crippen LogP contribution >= 0.6 is 0 Å². The Kier molecular flexibility index (Phi) is 5.77. The minimum Gasteiger partial charge on any atom is -0.452 e. The average molecular weight is 424 g/mol. The summed E-state index contributed by atoms with van der Waals surface area (Å²) in [6, 6.07) is 23.6. The zero-order chi connectivity index (χ0) is 22.5. The third-order valence-corrected chi connectivity index (χ3v) is 4.71. The number of para-hydroxylation sites is 1. The smallest absolute Gasteiger partial charge is 0.338 e. The SMILES string of the molecule is N#Cc1oc2ccccc2c1NC(=O)COC(=O)c1ccc(C(=O)c2ccccc2)cc1. The van der Waals surface area contributed by atoms with Gasteiger partial charge in [0.15, 0.2) is 12.4 Å². The van der Waals surface area contributed by atoms with Crippen LogP contribution in [0.25, 0.3) is 11.0 Å². The number of ether oxygens (including phenoxy) is 1. The lowest BCUT2D eigenvalue weighted by Crippen LogP contribution is -2.21. The van der Waals surface area contributed by atoms with Crippen molar-refractivity contribution in [2.45, 2.75) is 0 Å². The molecule has 3 aromatic carbocycles. The van der Waals surface area contributed by atoms with Crippen LogP contribution < -0.4 is 5.32 Å². The first-order chi connectivity index (χ1) is 15.6. The molecule has 0 saturated carbocycles. The van der Waals surface area contributed by atoms with Crippen LogP contribution in [-0.4, -0.2) is 24.3 Å². The fourth-order valence-corrected chi connectivity index (χ4v) is 3.15. The van der Waals surface area contributed by atoms with Gasteiger partial charge in [0.05, 0.1) is 5.56 Å². The second-order valence-electron chi connectivity index (χ2n) is 6.81. The third kappa shape index (κ3) is 4.25. The third-order valence-electron chi connectivity index (χ3n) is 4.71. The van der Waals surface area contributed by atoms with Crippen molar-refractivity contribution in [3.63, 3.8) is 0 Å². The number of fused-ring (bicyclic) bond motifs is 1. The van der Waals surface area contributed by atoms with Gasteiger partial charge in [-0.15, -0.1) is 0 Å². The number of hydrogen-bond acceptors (Lipinski definition) is 6. The second-order valence-corrected chi connectivity index (χ2v) is 6.81. The summed E-state index contributed by atoms with van der Waals surface area (Å²) in [5, 5.41) is 12.4. The first-order valence-corrected chi connectivity index (χ1v) is 9.65. The van der Waals surface area contributed by atoms with Gasteiger partial charge in [0.2, 0.25) is 5.76 Å². The summed E-state index contributed by atoms with van der Waals surface area (Å²) in [5.74, 6) is -1.52. The Bertz CT molecular complexity index is 1350. The van der Waals surface area contributed by atoms with Crippen molar-refractivity contribution in [2.24, 2.45) is 0 Å². The van der Waals surface area contributed by atoms with E-state index in [9.17, 15) is 19.6 Å². The predicted molar refractivity (Wildman–Crippen MR) is 116 cm³/mol. The van der Waals surface area contributed by atoms with Gasteiger partial charge in [-0.3, -0.25) is 9.59 Å². The van der Waals surface area contributed by atoms with E-state index in [0.717, 1.165) is 0 Å². The highest BCUT2D eigenvalue weighted by atomic mass is 16.5. The fraction of sp³-hybridized carbons (Fsp3) is 0.0400. The Morgan fingerprint density at radius 1 is 0.844 bits per heavy atom. The topological polar surface area (TPSA) is 109 Å². The Morgan fingerprint density at radius 3 is 2.19 bits per heavy atom. The highest BCUT2D eigenvalue weighted by Gasteiger charge is 2.18. The summed E-state index contributed by atoms with van der Waals surface area (Å²) in [5.41, 5.74) is 1.87. The van der Waals surface area contributed by atoms with Crippen LogP contribution in [0.5, 0.6) is 0 Å². The minimum atomic E-state index is -0.712. The van der Waals surface area contributed by atoms with Gasteiger partial charge < -0.3 is 14.5 Å². The van der Waals surface area contributed by atoms with Gasteiger partial charge in [0, 0.05) is 16.5 Å². The van der Waals surface area contributed by atoms with E-state index in [1.807, 2.05) is 12.1 Å². The number of anilines is 1. The molecule has 156 valence electrons. The predicted octanol–water partition coefficient (Wildman–Crippen LogP) is 4.33. The molecule has 0 aliphatic carbocycles. The molecule has 0 fully saturated rings. The molecule has 0 radical (unpaired) electrons. The molecule has 1 aromatic heterocycles. The number of nitrogens with zero attached hydrogens (tertiary/aromatic N) is 1. The van der Waals surface area contributed by atoms with Crippen LogP contribution in [0.2, 0.25) is 0 Å². The molecule has 7 nitrogen and oxygen atoms in total. The number of benzene rings is 3. The quantitative estimate of drug-likeness (QED) is 0.364. The molecule has 0 spiro atoms. The van der Waals surface area contributed by atoms with Gasteiger partial charge in [0.25, 0.3) is 5.91 Å². The van der Waals surface area contributed by atoms with Crippen LogP contribution in [0.1, 0.15) is 32.0 Å². The summed E-state index contributed by atoms with van der Waals surface area (Å²) in [4.78, 5) is 37.0. The van der Waals surface area contributed by atoms with E-state index in [1.54, 1.807) is 48.5 Å². The second kappa shape index (κ2) is 8.98. The van der Waals surface area contributed by atoms with E-state index in [4.69, 9.17) is 9.15 Å². The number of amides is 1. The summed E-state index contributed by atoms with van der Waals surface area (Å²) < 4.78 is 10.5. The summed E-state index contributed by atoms with van der Waals surface area (Å²) >= 11 is 0. The van der Waals surface area contributed by atoms with E-state index in [-0.39, 0.29) is 22.8 Å². The maximum atomic E-state index is 12.4. The lowest BCUT2D eigenvalue weighted by molar-refractivity contribution is -0.119.